The van der Waals surface area contributed by atoms with E-state index in [1.54, 1.807) is 12.1 Å². The summed E-state index contributed by atoms with van der Waals surface area (Å²) in [5, 5.41) is 11.2. The minimum Gasteiger partial charge on any atom is -0.463 e. The Morgan fingerprint density at radius 2 is 1.83 bits per heavy atom. The van der Waals surface area contributed by atoms with Crippen molar-refractivity contribution >= 4 is 29.5 Å². The highest BCUT2D eigenvalue weighted by Gasteiger charge is 2.58. The molecule has 3 aromatic carbocycles. The average Bonchev–Trinajstić information content (AvgIpc) is 3.06. The van der Waals surface area contributed by atoms with Crippen molar-refractivity contribution in [1.29, 1.82) is 0 Å². The maximum absolute atomic E-state index is 12.4. The zero-order valence-corrected chi connectivity index (χ0v) is 20.1. The van der Waals surface area contributed by atoms with E-state index in [0.717, 1.165) is 16.8 Å². The molecule has 2 aliphatic heterocycles. The monoisotopic (exact) mass is 482 g/mol. The number of fused-ring (bicyclic) bond motifs is 2. The number of nitro benzene ring substituents is 1. The lowest BCUT2D eigenvalue weighted by molar-refractivity contribution is -0.384. The molecule has 0 bridgehead atoms. The van der Waals surface area contributed by atoms with Crippen LogP contribution >= 0.6 is 0 Å². The van der Waals surface area contributed by atoms with E-state index >= 15 is 0 Å². The molecule has 1 spiro atoms. The van der Waals surface area contributed by atoms with E-state index in [-0.39, 0.29) is 12.3 Å². The Balaban J connectivity index is 1.40. The first-order valence-corrected chi connectivity index (χ1v) is 11.8. The maximum atomic E-state index is 12.4. The Kier molecular flexibility index (Phi) is 5.84. The summed E-state index contributed by atoms with van der Waals surface area (Å²) < 4.78 is 12.2. The molecule has 2 aliphatic rings. The predicted molar refractivity (Wildman–Crippen MR) is 139 cm³/mol. The van der Waals surface area contributed by atoms with Gasteiger partial charge in [-0.3, -0.25) is 10.1 Å². The van der Waals surface area contributed by atoms with Crippen LogP contribution in [-0.2, 0) is 14.9 Å². The van der Waals surface area contributed by atoms with Crippen LogP contribution in [0.15, 0.2) is 84.9 Å². The molecule has 0 N–H and O–H groups in total. The molecule has 2 heterocycles. The van der Waals surface area contributed by atoms with E-state index in [4.69, 9.17) is 9.47 Å². The first-order valence-electron chi connectivity index (χ1n) is 11.8. The lowest BCUT2D eigenvalue weighted by Crippen LogP contribution is -2.60. The molecule has 5 rings (SSSR count). The topological polar surface area (TPSA) is 81.9 Å². The number of hydrogen-bond acceptors (Lipinski definition) is 6. The fourth-order valence-electron chi connectivity index (χ4n) is 5.01. The number of hydrogen-bond donors (Lipinski definition) is 0. The lowest BCUT2D eigenvalue weighted by Gasteiger charge is -2.47. The van der Waals surface area contributed by atoms with Gasteiger partial charge in [0.2, 0.25) is 5.72 Å². The molecule has 7 heteroatoms. The molecule has 0 aromatic heterocycles. The second kappa shape index (κ2) is 9.00. The van der Waals surface area contributed by atoms with Crippen molar-refractivity contribution in [3.8, 4) is 5.75 Å². The van der Waals surface area contributed by atoms with Crippen LogP contribution in [0.4, 0.5) is 11.4 Å². The molecule has 0 radical (unpaired) electrons. The third kappa shape index (κ3) is 3.92. The molecular formula is C29H26N2O5. The molecule has 1 unspecified atom stereocenters. The van der Waals surface area contributed by atoms with Crippen molar-refractivity contribution in [2.45, 2.75) is 25.0 Å². The molecule has 0 aliphatic carbocycles. The number of nitro groups is 1. The number of benzene rings is 3. The van der Waals surface area contributed by atoms with E-state index < -0.39 is 22.0 Å². The van der Waals surface area contributed by atoms with Crippen molar-refractivity contribution < 1.29 is 19.2 Å². The molecule has 0 fully saturated rings. The highest BCUT2D eigenvalue weighted by Crippen LogP contribution is 2.54. The van der Waals surface area contributed by atoms with Crippen LogP contribution in [0, 0.1) is 10.1 Å². The smallest absolute Gasteiger partial charge is 0.330 e. The minimum absolute atomic E-state index is 0.0132. The van der Waals surface area contributed by atoms with Crippen LogP contribution in [0.3, 0.4) is 0 Å². The fourth-order valence-corrected chi connectivity index (χ4v) is 5.01. The van der Waals surface area contributed by atoms with Gasteiger partial charge in [0, 0.05) is 29.5 Å². The van der Waals surface area contributed by atoms with E-state index in [2.05, 4.69) is 24.8 Å². The summed E-state index contributed by atoms with van der Waals surface area (Å²) in [6, 6.07) is 22.2. The number of nitrogens with zero attached hydrogens (tertiary/aromatic N) is 2. The summed E-state index contributed by atoms with van der Waals surface area (Å²) in [5.41, 5.74) is 2.33. The minimum atomic E-state index is -0.897. The van der Waals surface area contributed by atoms with Crippen LogP contribution in [0.5, 0.6) is 5.75 Å². The standard InChI is InChI=1S/C29H26N2O5/c1-28(2)24-10-6-7-11-25(24)30(18-19-35-27(32)15-12-21-8-4-3-5-9-21)29(28)17-16-22-20-23(31(33)34)13-14-26(22)36-29/h3-17,20H,18-19H2,1-2H3/b15-12+. The van der Waals surface area contributed by atoms with Crippen molar-refractivity contribution in [2.75, 3.05) is 18.1 Å². The second-order valence-corrected chi connectivity index (χ2v) is 9.32. The van der Waals surface area contributed by atoms with Crippen molar-refractivity contribution in [3.63, 3.8) is 0 Å². The van der Waals surface area contributed by atoms with Gasteiger partial charge in [0.15, 0.2) is 0 Å². The fraction of sp³-hybridized carbons (Fsp3) is 0.207. The molecule has 3 aromatic rings. The number of anilines is 1. The first kappa shape index (κ1) is 23.4. The Morgan fingerprint density at radius 3 is 2.61 bits per heavy atom. The van der Waals surface area contributed by atoms with Gasteiger partial charge in [-0.15, -0.1) is 0 Å². The van der Waals surface area contributed by atoms with Gasteiger partial charge in [0.25, 0.3) is 5.69 Å². The second-order valence-electron chi connectivity index (χ2n) is 9.32. The molecule has 36 heavy (non-hydrogen) atoms. The Morgan fingerprint density at radius 1 is 1.08 bits per heavy atom. The number of carbonyl (C=O) groups excluding carboxylic acids is 1. The van der Waals surface area contributed by atoms with Crippen LogP contribution in [0.2, 0.25) is 0 Å². The van der Waals surface area contributed by atoms with Crippen LogP contribution < -0.4 is 9.64 Å². The van der Waals surface area contributed by atoms with Crippen LogP contribution in [0.1, 0.15) is 30.5 Å². The highest BCUT2D eigenvalue weighted by molar-refractivity contribution is 5.87. The average molecular weight is 483 g/mol. The largest absolute Gasteiger partial charge is 0.463 e. The highest BCUT2D eigenvalue weighted by atomic mass is 16.6. The molecule has 182 valence electrons. The molecule has 0 amide bonds. The number of rotatable bonds is 6. The molecule has 1 atom stereocenters. The molecule has 0 saturated heterocycles. The van der Waals surface area contributed by atoms with Crippen molar-refractivity contribution in [3.05, 3.63) is 112 Å². The van der Waals surface area contributed by atoms with Gasteiger partial charge < -0.3 is 14.4 Å². The third-order valence-corrected chi connectivity index (χ3v) is 6.89. The van der Waals surface area contributed by atoms with E-state index in [1.165, 1.54) is 18.2 Å². The molecule has 7 nitrogen and oxygen atoms in total. The summed E-state index contributed by atoms with van der Waals surface area (Å²) in [7, 11) is 0. The lowest BCUT2D eigenvalue weighted by atomic mass is 9.76. The first-order chi connectivity index (χ1) is 17.3. The van der Waals surface area contributed by atoms with Crippen molar-refractivity contribution in [2.24, 2.45) is 0 Å². The van der Waals surface area contributed by atoms with Gasteiger partial charge in [-0.05, 0) is 55.3 Å². The van der Waals surface area contributed by atoms with Gasteiger partial charge in [-0.2, -0.15) is 0 Å². The normalized spacial score (nSPS) is 19.1. The number of esters is 1. The van der Waals surface area contributed by atoms with Crippen LogP contribution in [-0.4, -0.2) is 29.8 Å². The predicted octanol–water partition coefficient (Wildman–Crippen LogP) is 5.75. The van der Waals surface area contributed by atoms with Gasteiger partial charge >= 0.3 is 5.97 Å². The Hall–Kier alpha value is -4.39. The number of non-ortho nitro benzene ring substituents is 1. The molecular weight excluding hydrogens is 456 g/mol. The van der Waals surface area contributed by atoms with E-state index in [0.29, 0.717) is 17.9 Å². The Bertz CT molecular complexity index is 1380. The molecule has 0 saturated carbocycles. The Labute approximate surface area is 209 Å². The third-order valence-electron chi connectivity index (χ3n) is 6.89. The van der Waals surface area contributed by atoms with Crippen LogP contribution in [0.25, 0.3) is 12.2 Å². The maximum Gasteiger partial charge on any atom is 0.330 e. The van der Waals surface area contributed by atoms with E-state index in [1.807, 2.05) is 60.7 Å². The van der Waals surface area contributed by atoms with Gasteiger partial charge in [0.1, 0.15) is 12.4 Å². The van der Waals surface area contributed by atoms with Gasteiger partial charge in [0.05, 0.1) is 16.9 Å². The summed E-state index contributed by atoms with van der Waals surface area (Å²) in [4.78, 5) is 25.3. The number of carbonyl (C=O) groups is 1. The SMILES string of the molecule is CC1(C)c2ccccc2N(CCOC(=O)/C=C/c2ccccc2)C12C=Cc1cc([N+](=O)[O-])ccc1O2. The summed E-state index contributed by atoms with van der Waals surface area (Å²) in [5.74, 6) is 0.147. The van der Waals surface area contributed by atoms with E-state index in [9.17, 15) is 14.9 Å². The number of ether oxygens (including phenoxy) is 2. The summed E-state index contributed by atoms with van der Waals surface area (Å²) >= 11 is 0. The van der Waals surface area contributed by atoms with Crippen molar-refractivity contribution in [1.82, 2.24) is 0 Å². The zero-order chi connectivity index (χ0) is 25.3. The summed E-state index contributed by atoms with van der Waals surface area (Å²) in [6.45, 7) is 4.79. The van der Waals surface area contributed by atoms with Gasteiger partial charge in [-0.1, -0.05) is 48.5 Å². The van der Waals surface area contributed by atoms with Gasteiger partial charge in [-0.25, -0.2) is 4.79 Å². The quantitative estimate of drug-likeness (QED) is 0.193. The zero-order valence-electron chi connectivity index (χ0n) is 20.1. The number of para-hydroxylation sites is 1. The summed E-state index contributed by atoms with van der Waals surface area (Å²) in [6.07, 6.45) is 6.98.